The van der Waals surface area contributed by atoms with Crippen LogP contribution in [-0.4, -0.2) is 46.2 Å². The summed E-state index contributed by atoms with van der Waals surface area (Å²) in [6.07, 6.45) is 1.32. The van der Waals surface area contributed by atoms with Crippen molar-refractivity contribution in [3.05, 3.63) is 39.9 Å². The fourth-order valence-electron chi connectivity index (χ4n) is 3.04. The zero-order valence-electron chi connectivity index (χ0n) is 14.3. The highest BCUT2D eigenvalue weighted by atomic mass is 35.5. The molecule has 2 heterocycles. The third-order valence-electron chi connectivity index (χ3n) is 4.22. The van der Waals surface area contributed by atoms with Crippen molar-refractivity contribution in [2.75, 3.05) is 19.0 Å². The second kappa shape index (κ2) is 7.55. The smallest absolute Gasteiger partial charge is 0.254 e. The molecule has 1 aliphatic heterocycles. The average molecular weight is 397 g/mol. The van der Waals surface area contributed by atoms with E-state index in [2.05, 4.69) is 10.4 Å². The SMILES string of the molecule is COc1cc(NC(=O)C2CCCN2C(=O)c2cc(Cl)cc(Cl)c2)nn1C. The Balaban J connectivity index is 1.76. The number of anilines is 1. The molecule has 0 bridgehead atoms. The van der Waals surface area contributed by atoms with Gasteiger partial charge in [-0.3, -0.25) is 9.59 Å². The van der Waals surface area contributed by atoms with Crippen LogP contribution in [-0.2, 0) is 11.8 Å². The van der Waals surface area contributed by atoms with Gasteiger partial charge in [-0.15, -0.1) is 0 Å². The molecule has 0 radical (unpaired) electrons. The van der Waals surface area contributed by atoms with Crippen LogP contribution >= 0.6 is 23.2 Å². The zero-order chi connectivity index (χ0) is 18.8. The third-order valence-corrected chi connectivity index (χ3v) is 4.66. The Bertz CT molecular complexity index is 832. The van der Waals surface area contributed by atoms with Gasteiger partial charge in [0.2, 0.25) is 11.8 Å². The molecule has 1 atom stereocenters. The van der Waals surface area contributed by atoms with Gasteiger partial charge in [0.05, 0.1) is 7.11 Å². The number of nitrogens with one attached hydrogen (secondary N) is 1. The average Bonchev–Trinajstić information content (AvgIpc) is 3.19. The van der Waals surface area contributed by atoms with Gasteiger partial charge in [0.1, 0.15) is 6.04 Å². The molecule has 1 unspecified atom stereocenters. The van der Waals surface area contributed by atoms with Gasteiger partial charge in [-0.05, 0) is 31.0 Å². The maximum atomic E-state index is 12.8. The Morgan fingerprint density at radius 1 is 1.23 bits per heavy atom. The molecule has 2 amide bonds. The Hall–Kier alpha value is -2.25. The van der Waals surface area contributed by atoms with Crippen molar-refractivity contribution < 1.29 is 14.3 Å². The zero-order valence-corrected chi connectivity index (χ0v) is 15.8. The number of hydrogen-bond acceptors (Lipinski definition) is 4. The fraction of sp³-hybridized carbons (Fsp3) is 0.353. The maximum absolute atomic E-state index is 12.8. The minimum Gasteiger partial charge on any atom is -0.481 e. The molecule has 1 aromatic heterocycles. The topological polar surface area (TPSA) is 76.5 Å². The van der Waals surface area contributed by atoms with Crippen LogP contribution in [0, 0.1) is 0 Å². The molecule has 1 fully saturated rings. The van der Waals surface area contributed by atoms with E-state index in [1.54, 1.807) is 31.3 Å². The molecule has 2 aromatic rings. The predicted molar refractivity (Wildman–Crippen MR) is 98.9 cm³/mol. The van der Waals surface area contributed by atoms with E-state index in [0.29, 0.717) is 40.3 Å². The standard InChI is InChI=1S/C17H18Cl2N4O3/c1-22-15(26-2)9-14(21-22)20-16(24)13-4-3-5-23(13)17(25)10-6-11(18)8-12(19)7-10/h6-9,13H,3-5H2,1-2H3,(H,20,21,24). The minimum absolute atomic E-state index is 0.273. The molecule has 1 N–H and O–H groups in total. The van der Waals surface area contributed by atoms with Crippen LogP contribution in [0.15, 0.2) is 24.3 Å². The summed E-state index contributed by atoms with van der Waals surface area (Å²) in [4.78, 5) is 27.0. The van der Waals surface area contributed by atoms with Gasteiger partial charge in [-0.1, -0.05) is 23.2 Å². The lowest BCUT2D eigenvalue weighted by molar-refractivity contribution is -0.119. The second-order valence-corrected chi connectivity index (χ2v) is 6.87. The number of likely N-dealkylation sites (tertiary alicyclic amines) is 1. The van der Waals surface area contributed by atoms with Gasteiger partial charge < -0.3 is 15.0 Å². The number of nitrogens with zero attached hydrogens (tertiary/aromatic N) is 3. The highest BCUT2D eigenvalue weighted by Gasteiger charge is 2.35. The van der Waals surface area contributed by atoms with E-state index < -0.39 is 6.04 Å². The van der Waals surface area contributed by atoms with Crippen molar-refractivity contribution in [1.29, 1.82) is 0 Å². The molecule has 0 spiro atoms. The van der Waals surface area contributed by atoms with Crippen molar-refractivity contribution in [3.8, 4) is 5.88 Å². The Labute approximate surface area is 160 Å². The molecule has 1 saturated heterocycles. The highest BCUT2D eigenvalue weighted by Crippen LogP contribution is 2.25. The van der Waals surface area contributed by atoms with Crippen molar-refractivity contribution >= 4 is 40.8 Å². The summed E-state index contributed by atoms with van der Waals surface area (Å²) in [6, 6.07) is 5.70. The third kappa shape index (κ3) is 3.78. The summed E-state index contributed by atoms with van der Waals surface area (Å²) in [5, 5.41) is 7.66. The first-order valence-corrected chi connectivity index (χ1v) is 8.80. The molecule has 7 nitrogen and oxygen atoms in total. The molecule has 1 aromatic carbocycles. The molecular formula is C17H18Cl2N4O3. The minimum atomic E-state index is -0.576. The van der Waals surface area contributed by atoms with Crippen LogP contribution in [0.2, 0.25) is 10.0 Å². The Kier molecular flexibility index (Phi) is 5.38. The molecule has 3 rings (SSSR count). The van der Waals surface area contributed by atoms with Gasteiger partial charge >= 0.3 is 0 Å². The Morgan fingerprint density at radius 3 is 2.54 bits per heavy atom. The van der Waals surface area contributed by atoms with E-state index in [0.717, 1.165) is 6.42 Å². The number of rotatable bonds is 4. The van der Waals surface area contributed by atoms with Crippen molar-refractivity contribution in [2.24, 2.45) is 7.05 Å². The van der Waals surface area contributed by atoms with E-state index in [4.69, 9.17) is 27.9 Å². The molecule has 9 heteroatoms. The van der Waals surface area contributed by atoms with Gasteiger partial charge in [-0.25, -0.2) is 4.68 Å². The number of carbonyl (C=O) groups excluding carboxylic acids is 2. The molecule has 138 valence electrons. The Morgan fingerprint density at radius 2 is 1.92 bits per heavy atom. The molecule has 26 heavy (non-hydrogen) atoms. The summed E-state index contributed by atoms with van der Waals surface area (Å²) in [7, 11) is 3.24. The monoisotopic (exact) mass is 396 g/mol. The summed E-state index contributed by atoms with van der Waals surface area (Å²) in [5.41, 5.74) is 0.363. The van der Waals surface area contributed by atoms with Crippen LogP contribution in [0.1, 0.15) is 23.2 Å². The van der Waals surface area contributed by atoms with Crippen LogP contribution in [0.4, 0.5) is 5.82 Å². The van der Waals surface area contributed by atoms with Crippen molar-refractivity contribution in [3.63, 3.8) is 0 Å². The number of halogens is 2. The number of aromatic nitrogens is 2. The molecule has 0 aliphatic carbocycles. The van der Waals surface area contributed by atoms with E-state index in [1.807, 2.05) is 0 Å². The second-order valence-electron chi connectivity index (χ2n) is 6.00. The van der Waals surface area contributed by atoms with Gasteiger partial charge in [0, 0.05) is 35.3 Å². The predicted octanol–water partition coefficient (Wildman–Crippen LogP) is 2.98. The lowest BCUT2D eigenvalue weighted by Gasteiger charge is -2.23. The molecule has 1 aliphatic rings. The van der Waals surface area contributed by atoms with E-state index in [9.17, 15) is 9.59 Å². The van der Waals surface area contributed by atoms with Crippen molar-refractivity contribution in [2.45, 2.75) is 18.9 Å². The molecule has 0 saturated carbocycles. The first kappa shape index (κ1) is 18.5. The van der Waals surface area contributed by atoms with Crippen LogP contribution in [0.5, 0.6) is 5.88 Å². The van der Waals surface area contributed by atoms with Crippen LogP contribution in [0.3, 0.4) is 0 Å². The largest absolute Gasteiger partial charge is 0.481 e. The maximum Gasteiger partial charge on any atom is 0.254 e. The number of hydrogen-bond donors (Lipinski definition) is 1. The number of benzene rings is 1. The highest BCUT2D eigenvalue weighted by molar-refractivity contribution is 6.35. The van der Waals surface area contributed by atoms with Gasteiger partial charge in [0.25, 0.3) is 5.91 Å². The van der Waals surface area contributed by atoms with E-state index in [-0.39, 0.29) is 11.8 Å². The van der Waals surface area contributed by atoms with Gasteiger partial charge in [-0.2, -0.15) is 5.10 Å². The number of amides is 2. The summed E-state index contributed by atoms with van der Waals surface area (Å²) in [5.74, 6) is 0.336. The lowest BCUT2D eigenvalue weighted by Crippen LogP contribution is -2.43. The fourth-order valence-corrected chi connectivity index (χ4v) is 3.56. The first-order chi connectivity index (χ1) is 12.4. The number of aryl methyl sites for hydroxylation is 1. The molecular weight excluding hydrogens is 379 g/mol. The quantitative estimate of drug-likeness (QED) is 0.861. The number of ether oxygens (including phenoxy) is 1. The first-order valence-electron chi connectivity index (χ1n) is 8.05. The van der Waals surface area contributed by atoms with Gasteiger partial charge in [0.15, 0.2) is 5.82 Å². The summed E-state index contributed by atoms with van der Waals surface area (Å²) < 4.78 is 6.65. The van der Waals surface area contributed by atoms with E-state index >= 15 is 0 Å². The summed E-state index contributed by atoms with van der Waals surface area (Å²) in [6.45, 7) is 0.493. The summed E-state index contributed by atoms with van der Waals surface area (Å²) >= 11 is 12.0. The number of carbonyl (C=O) groups is 2. The van der Waals surface area contributed by atoms with E-state index in [1.165, 1.54) is 16.7 Å². The number of methoxy groups -OCH3 is 1. The normalized spacial score (nSPS) is 16.6. The van der Waals surface area contributed by atoms with Crippen LogP contribution in [0.25, 0.3) is 0 Å². The lowest BCUT2D eigenvalue weighted by atomic mass is 10.1. The van der Waals surface area contributed by atoms with Crippen LogP contribution < -0.4 is 10.1 Å². The van der Waals surface area contributed by atoms with Crippen molar-refractivity contribution in [1.82, 2.24) is 14.7 Å².